The highest BCUT2D eigenvalue weighted by molar-refractivity contribution is 7.13. The highest BCUT2D eigenvalue weighted by Gasteiger charge is 2.13. The van der Waals surface area contributed by atoms with E-state index in [1.54, 1.807) is 6.21 Å². The predicted molar refractivity (Wildman–Crippen MR) is 111 cm³/mol. The van der Waals surface area contributed by atoms with Crippen LogP contribution in [0.5, 0.6) is 5.75 Å². The summed E-state index contributed by atoms with van der Waals surface area (Å²) in [4.78, 5) is 17.2. The van der Waals surface area contributed by atoms with E-state index < -0.39 is 0 Å². The Kier molecular flexibility index (Phi) is 6.19. The Morgan fingerprint density at radius 1 is 1.26 bits per heavy atom. The van der Waals surface area contributed by atoms with Crippen molar-refractivity contribution in [3.63, 3.8) is 0 Å². The van der Waals surface area contributed by atoms with E-state index in [0.29, 0.717) is 11.5 Å². The fraction of sp³-hybridized carbons (Fsp3) is 0.286. The van der Waals surface area contributed by atoms with Gasteiger partial charge >= 0.3 is 0 Å². The molecule has 1 N–H and O–H groups in total. The first-order valence-electron chi connectivity index (χ1n) is 9.02. The summed E-state index contributed by atoms with van der Waals surface area (Å²) < 4.78 is 5.94. The molecule has 0 aliphatic carbocycles. The third-order valence-electron chi connectivity index (χ3n) is 4.16. The molecule has 5 nitrogen and oxygen atoms in total. The van der Waals surface area contributed by atoms with Gasteiger partial charge in [0.15, 0.2) is 0 Å². The molecule has 0 aliphatic heterocycles. The monoisotopic (exact) mass is 381 g/mol. The van der Waals surface area contributed by atoms with Gasteiger partial charge in [-0.15, -0.1) is 11.3 Å². The largest absolute Gasteiger partial charge is 0.493 e. The number of amides is 1. The van der Waals surface area contributed by atoms with E-state index in [0.717, 1.165) is 45.6 Å². The molecule has 0 unspecified atom stereocenters. The fourth-order valence-corrected chi connectivity index (χ4v) is 3.62. The summed E-state index contributed by atoms with van der Waals surface area (Å²) in [6, 6.07) is 12.1. The first kappa shape index (κ1) is 19.0. The summed E-state index contributed by atoms with van der Waals surface area (Å²) in [5, 5.41) is 7.18. The minimum absolute atomic E-state index is 0.247. The Bertz CT molecular complexity index is 979. The Labute approximate surface area is 163 Å². The lowest BCUT2D eigenvalue weighted by molar-refractivity contribution is 0.0958. The van der Waals surface area contributed by atoms with Crippen LogP contribution in [-0.4, -0.2) is 23.7 Å². The standard InChI is InChI=1S/C21H23N3O2S/c1-4-5-12-26-19-11-10-16-8-6-7-9-17(16)18(19)13-22-24-21(25)20-14(2)23-15(3)27-20/h6-11,13H,4-5,12H2,1-3H3,(H,24,25)/b22-13+. The van der Waals surface area contributed by atoms with Gasteiger partial charge in [0.2, 0.25) is 0 Å². The van der Waals surface area contributed by atoms with Gasteiger partial charge in [-0.3, -0.25) is 4.79 Å². The lowest BCUT2D eigenvalue weighted by atomic mass is 10.0. The minimum Gasteiger partial charge on any atom is -0.493 e. The van der Waals surface area contributed by atoms with Crippen molar-refractivity contribution in [1.82, 2.24) is 10.4 Å². The van der Waals surface area contributed by atoms with Crippen molar-refractivity contribution in [2.75, 3.05) is 6.61 Å². The average molecular weight is 382 g/mol. The normalized spacial score (nSPS) is 11.2. The number of hydrogen-bond donors (Lipinski definition) is 1. The number of aryl methyl sites for hydroxylation is 2. The van der Waals surface area contributed by atoms with Gasteiger partial charge in [0.05, 0.1) is 23.5 Å². The molecule has 0 atom stereocenters. The Morgan fingerprint density at radius 2 is 2.07 bits per heavy atom. The first-order valence-corrected chi connectivity index (χ1v) is 9.83. The zero-order valence-corrected chi connectivity index (χ0v) is 16.6. The van der Waals surface area contributed by atoms with Crippen LogP contribution in [-0.2, 0) is 0 Å². The van der Waals surface area contributed by atoms with Gasteiger partial charge in [-0.1, -0.05) is 43.7 Å². The molecule has 0 saturated heterocycles. The zero-order chi connectivity index (χ0) is 19.2. The number of nitrogens with one attached hydrogen (secondary N) is 1. The molecule has 1 heterocycles. The summed E-state index contributed by atoms with van der Waals surface area (Å²) in [7, 11) is 0. The van der Waals surface area contributed by atoms with Crippen molar-refractivity contribution in [3.05, 3.63) is 57.5 Å². The molecule has 0 radical (unpaired) electrons. The molecule has 140 valence electrons. The number of hydrazone groups is 1. The number of hydrogen-bond acceptors (Lipinski definition) is 5. The highest BCUT2D eigenvalue weighted by atomic mass is 32.1. The number of unbranched alkanes of at least 4 members (excludes halogenated alkanes) is 1. The second-order valence-electron chi connectivity index (χ2n) is 6.25. The van der Waals surface area contributed by atoms with Crippen molar-refractivity contribution in [2.24, 2.45) is 5.10 Å². The van der Waals surface area contributed by atoms with Crippen LogP contribution in [0.4, 0.5) is 0 Å². The number of aromatic nitrogens is 1. The second kappa shape index (κ2) is 8.77. The van der Waals surface area contributed by atoms with Crippen LogP contribution in [0.1, 0.15) is 45.7 Å². The molecule has 1 amide bonds. The van der Waals surface area contributed by atoms with E-state index in [2.05, 4.69) is 22.4 Å². The molecular formula is C21H23N3O2S. The molecule has 0 saturated carbocycles. The maximum Gasteiger partial charge on any atom is 0.283 e. The topological polar surface area (TPSA) is 63.6 Å². The van der Waals surface area contributed by atoms with Crippen molar-refractivity contribution in [1.29, 1.82) is 0 Å². The number of benzene rings is 2. The molecule has 0 fully saturated rings. The van der Waals surface area contributed by atoms with Crippen LogP contribution in [0.15, 0.2) is 41.5 Å². The molecule has 1 aromatic heterocycles. The van der Waals surface area contributed by atoms with Gasteiger partial charge in [0.1, 0.15) is 10.6 Å². The summed E-state index contributed by atoms with van der Waals surface area (Å²) >= 11 is 1.37. The summed E-state index contributed by atoms with van der Waals surface area (Å²) in [5.74, 6) is 0.521. The van der Waals surface area contributed by atoms with Gasteiger partial charge in [0.25, 0.3) is 5.91 Å². The molecule has 6 heteroatoms. The fourth-order valence-electron chi connectivity index (χ4n) is 2.81. The van der Waals surface area contributed by atoms with Crippen molar-refractivity contribution >= 4 is 34.2 Å². The predicted octanol–water partition coefficient (Wildman–Crippen LogP) is 4.86. The van der Waals surface area contributed by atoms with Crippen molar-refractivity contribution < 1.29 is 9.53 Å². The van der Waals surface area contributed by atoms with Gasteiger partial charge < -0.3 is 4.74 Å². The van der Waals surface area contributed by atoms with Gasteiger partial charge in [-0.25, -0.2) is 10.4 Å². The number of ether oxygens (including phenoxy) is 1. The molecule has 3 aromatic rings. The molecule has 3 rings (SSSR count). The lowest BCUT2D eigenvalue weighted by Gasteiger charge is -2.11. The van der Waals surface area contributed by atoms with Crippen LogP contribution in [0.2, 0.25) is 0 Å². The van der Waals surface area contributed by atoms with E-state index in [1.807, 2.05) is 50.2 Å². The van der Waals surface area contributed by atoms with E-state index >= 15 is 0 Å². The number of thiazole rings is 1. The Balaban J connectivity index is 1.85. The van der Waals surface area contributed by atoms with Crippen LogP contribution in [0.25, 0.3) is 10.8 Å². The van der Waals surface area contributed by atoms with E-state index in [4.69, 9.17) is 4.74 Å². The molecule has 0 spiro atoms. The van der Waals surface area contributed by atoms with Crippen molar-refractivity contribution in [3.8, 4) is 5.75 Å². The Hall–Kier alpha value is -2.73. The molecule has 27 heavy (non-hydrogen) atoms. The zero-order valence-electron chi connectivity index (χ0n) is 15.8. The van der Waals surface area contributed by atoms with E-state index in [1.165, 1.54) is 11.3 Å². The molecule has 0 aliphatic rings. The minimum atomic E-state index is -0.247. The number of fused-ring (bicyclic) bond motifs is 1. The van der Waals surface area contributed by atoms with Gasteiger partial charge in [-0.05, 0) is 37.1 Å². The number of nitrogens with zero attached hydrogens (tertiary/aromatic N) is 2. The quantitative estimate of drug-likeness (QED) is 0.361. The smallest absolute Gasteiger partial charge is 0.283 e. The van der Waals surface area contributed by atoms with Crippen molar-refractivity contribution in [2.45, 2.75) is 33.6 Å². The average Bonchev–Trinajstić information content (AvgIpc) is 3.01. The summed E-state index contributed by atoms with van der Waals surface area (Å²) in [6.45, 7) is 6.49. The van der Waals surface area contributed by atoms with Gasteiger partial charge in [0, 0.05) is 5.56 Å². The van der Waals surface area contributed by atoms with Crippen LogP contribution in [0.3, 0.4) is 0 Å². The third kappa shape index (κ3) is 4.52. The third-order valence-corrected chi connectivity index (χ3v) is 5.23. The number of rotatable bonds is 7. The first-order chi connectivity index (χ1) is 13.1. The SMILES string of the molecule is CCCCOc1ccc2ccccc2c1/C=N/NC(=O)c1sc(C)nc1C. The van der Waals surface area contributed by atoms with Crippen LogP contribution in [0, 0.1) is 13.8 Å². The molecule has 2 aromatic carbocycles. The van der Waals surface area contributed by atoms with Gasteiger partial charge in [-0.2, -0.15) is 5.10 Å². The lowest BCUT2D eigenvalue weighted by Crippen LogP contribution is -2.17. The molecule has 0 bridgehead atoms. The summed E-state index contributed by atoms with van der Waals surface area (Å²) in [5.41, 5.74) is 4.19. The molecular weight excluding hydrogens is 358 g/mol. The Morgan fingerprint density at radius 3 is 2.81 bits per heavy atom. The number of carbonyl (C=O) groups is 1. The maximum atomic E-state index is 12.3. The highest BCUT2D eigenvalue weighted by Crippen LogP contribution is 2.27. The summed E-state index contributed by atoms with van der Waals surface area (Å²) in [6.07, 6.45) is 3.72. The van der Waals surface area contributed by atoms with E-state index in [-0.39, 0.29) is 5.91 Å². The van der Waals surface area contributed by atoms with E-state index in [9.17, 15) is 4.79 Å². The van der Waals surface area contributed by atoms with Crippen LogP contribution >= 0.6 is 11.3 Å². The second-order valence-corrected chi connectivity index (χ2v) is 7.45. The van der Waals surface area contributed by atoms with Crippen LogP contribution < -0.4 is 10.2 Å². The maximum absolute atomic E-state index is 12.3. The number of carbonyl (C=O) groups excluding carboxylic acids is 1.